The first kappa shape index (κ1) is 20.8. The lowest BCUT2D eigenvalue weighted by Crippen LogP contribution is -2.22. The van der Waals surface area contributed by atoms with Crippen LogP contribution in [0.5, 0.6) is 0 Å². The molecule has 4 N–H and O–H groups in total. The van der Waals surface area contributed by atoms with Crippen LogP contribution >= 0.6 is 11.3 Å². The van der Waals surface area contributed by atoms with Gasteiger partial charge in [-0.15, -0.1) is 11.3 Å². The smallest absolute Gasteiger partial charge is 0.253 e. The second-order valence-electron chi connectivity index (χ2n) is 7.03. The van der Waals surface area contributed by atoms with Crippen LogP contribution in [0.3, 0.4) is 0 Å². The van der Waals surface area contributed by atoms with E-state index in [0.29, 0.717) is 28.8 Å². The van der Waals surface area contributed by atoms with Crippen molar-refractivity contribution in [2.45, 2.75) is 25.4 Å². The minimum Gasteiger partial charge on any atom is -0.467 e. The van der Waals surface area contributed by atoms with Crippen LogP contribution < -0.4 is 16.4 Å². The summed E-state index contributed by atoms with van der Waals surface area (Å²) in [6, 6.07) is 17.2. The summed E-state index contributed by atoms with van der Waals surface area (Å²) in [5.74, 6) is 1.10. The predicted molar refractivity (Wildman–Crippen MR) is 121 cm³/mol. The van der Waals surface area contributed by atoms with Crippen molar-refractivity contribution in [2.24, 2.45) is 5.73 Å². The highest BCUT2D eigenvalue weighted by molar-refractivity contribution is 7.13. The van der Waals surface area contributed by atoms with Gasteiger partial charge in [-0.05, 0) is 42.7 Å². The van der Waals surface area contributed by atoms with E-state index in [4.69, 9.17) is 10.2 Å². The van der Waals surface area contributed by atoms with Gasteiger partial charge in [-0.2, -0.15) is 0 Å². The molecule has 4 aromatic rings. The van der Waals surface area contributed by atoms with E-state index in [-0.39, 0.29) is 11.9 Å². The largest absolute Gasteiger partial charge is 0.467 e. The number of nitrogens with zero attached hydrogens (tertiary/aromatic N) is 2. The molecule has 4 rings (SSSR count). The van der Waals surface area contributed by atoms with Crippen LogP contribution in [0, 0.1) is 0 Å². The molecule has 3 aromatic heterocycles. The molecule has 1 unspecified atom stereocenters. The maximum atomic E-state index is 12.2. The van der Waals surface area contributed by atoms with Crippen molar-refractivity contribution in [3.8, 4) is 0 Å². The highest BCUT2D eigenvalue weighted by atomic mass is 32.1. The first-order chi connectivity index (χ1) is 15.2. The monoisotopic (exact) mass is 433 g/mol. The Morgan fingerprint density at radius 2 is 2.00 bits per heavy atom. The molecule has 31 heavy (non-hydrogen) atoms. The zero-order valence-corrected chi connectivity index (χ0v) is 17.6. The Bertz CT molecular complexity index is 1090. The van der Waals surface area contributed by atoms with Gasteiger partial charge in [0.2, 0.25) is 0 Å². The molecule has 8 heteroatoms. The van der Waals surface area contributed by atoms with Crippen molar-refractivity contribution in [1.29, 1.82) is 0 Å². The van der Waals surface area contributed by atoms with Crippen molar-refractivity contribution in [2.75, 3.05) is 5.32 Å². The van der Waals surface area contributed by atoms with Crippen molar-refractivity contribution in [3.63, 3.8) is 0 Å². The van der Waals surface area contributed by atoms with E-state index in [1.807, 2.05) is 23.6 Å². The summed E-state index contributed by atoms with van der Waals surface area (Å²) in [6.45, 7) is 0.332. The van der Waals surface area contributed by atoms with Crippen LogP contribution in [-0.4, -0.2) is 15.9 Å². The second-order valence-corrected chi connectivity index (χ2v) is 7.89. The number of anilines is 2. The number of carbonyl (C=O) groups is 1. The van der Waals surface area contributed by atoms with Gasteiger partial charge >= 0.3 is 0 Å². The highest BCUT2D eigenvalue weighted by Gasteiger charge is 2.12. The second kappa shape index (κ2) is 10.0. The van der Waals surface area contributed by atoms with E-state index in [0.717, 1.165) is 18.5 Å². The fourth-order valence-corrected chi connectivity index (χ4v) is 3.80. The number of pyridine rings is 1. The minimum absolute atomic E-state index is 0.125. The van der Waals surface area contributed by atoms with E-state index in [1.54, 1.807) is 30.5 Å². The summed E-state index contributed by atoms with van der Waals surface area (Å²) in [7, 11) is 0. The molecule has 0 saturated heterocycles. The fourth-order valence-electron chi connectivity index (χ4n) is 3.02. The number of nitrogens with two attached hydrogens (primary N) is 1. The topological polar surface area (TPSA) is 106 Å². The molecular weight excluding hydrogens is 410 g/mol. The molecule has 0 aliphatic carbocycles. The van der Waals surface area contributed by atoms with E-state index in [1.165, 1.54) is 23.1 Å². The SMILES string of the molecule is NC(CCc1ccccc1)c1csc(Nc2ccc(C(=O)NCc3ccco3)cn2)n1. The molecule has 1 atom stereocenters. The third-order valence-electron chi connectivity index (χ3n) is 4.75. The van der Waals surface area contributed by atoms with E-state index >= 15 is 0 Å². The highest BCUT2D eigenvalue weighted by Crippen LogP contribution is 2.24. The molecule has 158 valence electrons. The van der Waals surface area contributed by atoms with Crippen molar-refractivity contribution >= 4 is 28.2 Å². The number of aromatic nitrogens is 2. The molecule has 0 bridgehead atoms. The number of amides is 1. The normalized spacial score (nSPS) is 11.8. The van der Waals surface area contributed by atoms with Gasteiger partial charge in [0.25, 0.3) is 5.91 Å². The minimum atomic E-state index is -0.212. The molecule has 0 aliphatic rings. The van der Waals surface area contributed by atoms with Crippen LogP contribution in [0.25, 0.3) is 0 Å². The van der Waals surface area contributed by atoms with Crippen molar-refractivity contribution in [3.05, 3.63) is 95.0 Å². The number of nitrogens with one attached hydrogen (secondary N) is 2. The molecule has 0 fully saturated rings. The molecule has 1 amide bonds. The predicted octanol–water partition coefficient (Wildman–Crippen LogP) is 4.44. The molecule has 0 radical (unpaired) electrons. The maximum Gasteiger partial charge on any atom is 0.253 e. The van der Waals surface area contributed by atoms with Gasteiger partial charge in [0.1, 0.15) is 11.6 Å². The lowest BCUT2D eigenvalue weighted by atomic mass is 10.0. The maximum absolute atomic E-state index is 12.2. The number of benzene rings is 1. The molecule has 0 aliphatic heterocycles. The summed E-state index contributed by atoms with van der Waals surface area (Å²) in [4.78, 5) is 21.1. The number of thiazole rings is 1. The van der Waals surface area contributed by atoms with Crippen molar-refractivity contribution < 1.29 is 9.21 Å². The summed E-state index contributed by atoms with van der Waals surface area (Å²) >= 11 is 1.48. The van der Waals surface area contributed by atoms with Crippen LogP contribution in [0.4, 0.5) is 10.9 Å². The zero-order valence-electron chi connectivity index (χ0n) is 16.8. The molecule has 0 saturated carbocycles. The Morgan fingerprint density at radius 3 is 2.74 bits per heavy atom. The lowest BCUT2D eigenvalue weighted by molar-refractivity contribution is 0.0947. The Hall–Kier alpha value is -3.49. The Balaban J connectivity index is 1.29. The summed E-state index contributed by atoms with van der Waals surface area (Å²) in [6.07, 6.45) is 4.84. The lowest BCUT2D eigenvalue weighted by Gasteiger charge is -2.08. The van der Waals surface area contributed by atoms with Crippen molar-refractivity contribution in [1.82, 2.24) is 15.3 Å². The average Bonchev–Trinajstić information content (AvgIpc) is 3.49. The van der Waals surface area contributed by atoms with Gasteiger partial charge < -0.3 is 20.8 Å². The number of rotatable bonds is 9. The Labute approximate surface area is 184 Å². The average molecular weight is 434 g/mol. The summed E-state index contributed by atoms with van der Waals surface area (Å²) in [5.41, 5.74) is 8.91. The third-order valence-corrected chi connectivity index (χ3v) is 5.53. The molecule has 0 spiro atoms. The van der Waals surface area contributed by atoms with Gasteiger partial charge in [-0.3, -0.25) is 4.79 Å². The first-order valence-electron chi connectivity index (χ1n) is 9.96. The van der Waals surface area contributed by atoms with Crippen LogP contribution in [0.15, 0.2) is 76.9 Å². The summed E-state index contributed by atoms with van der Waals surface area (Å²) < 4.78 is 5.21. The Morgan fingerprint density at radius 1 is 1.13 bits per heavy atom. The van der Waals surface area contributed by atoms with Gasteiger partial charge in [-0.1, -0.05) is 30.3 Å². The van der Waals surface area contributed by atoms with Gasteiger partial charge in [0.05, 0.1) is 24.1 Å². The van der Waals surface area contributed by atoms with Gasteiger partial charge in [0, 0.05) is 17.6 Å². The number of aryl methyl sites for hydroxylation is 1. The van der Waals surface area contributed by atoms with Crippen LogP contribution in [0.1, 0.15) is 39.8 Å². The fraction of sp³-hybridized carbons (Fsp3) is 0.174. The zero-order chi connectivity index (χ0) is 21.5. The molecule has 3 heterocycles. The van der Waals surface area contributed by atoms with E-state index in [2.05, 4.69) is 32.7 Å². The molecular formula is C23H23N5O2S. The van der Waals surface area contributed by atoms with Crippen LogP contribution in [0.2, 0.25) is 0 Å². The first-order valence-corrected chi connectivity index (χ1v) is 10.8. The quantitative estimate of drug-likeness (QED) is 0.360. The number of carbonyl (C=O) groups excluding carboxylic acids is 1. The Kier molecular flexibility index (Phi) is 6.71. The number of furan rings is 1. The van der Waals surface area contributed by atoms with E-state index in [9.17, 15) is 4.79 Å². The molecule has 1 aromatic carbocycles. The third kappa shape index (κ3) is 5.78. The van der Waals surface area contributed by atoms with Gasteiger partial charge in [-0.25, -0.2) is 9.97 Å². The van der Waals surface area contributed by atoms with E-state index < -0.39 is 0 Å². The standard InChI is InChI=1S/C23H23N5O2S/c24-19(10-8-16-5-2-1-3-6-16)20-15-31-23(27-20)28-21-11-9-17(13-25-21)22(29)26-14-18-7-4-12-30-18/h1-7,9,11-13,15,19H,8,10,14,24H2,(H,26,29)(H,25,27,28). The summed E-state index contributed by atoms with van der Waals surface area (Å²) in [5, 5.41) is 8.64. The van der Waals surface area contributed by atoms with Crippen LogP contribution in [-0.2, 0) is 13.0 Å². The van der Waals surface area contributed by atoms with Gasteiger partial charge in [0.15, 0.2) is 5.13 Å². The number of hydrogen-bond donors (Lipinski definition) is 3. The molecule has 7 nitrogen and oxygen atoms in total. The number of hydrogen-bond acceptors (Lipinski definition) is 7.